The van der Waals surface area contributed by atoms with E-state index in [1.807, 2.05) is 25.2 Å². The van der Waals surface area contributed by atoms with Crippen LogP contribution in [0.25, 0.3) is 17.2 Å². The summed E-state index contributed by atoms with van der Waals surface area (Å²) < 4.78 is 0. The molecule has 0 bridgehead atoms. The number of nitrogens with zero attached hydrogens (tertiary/aromatic N) is 1. The molecular weight excluding hydrogens is 490 g/mol. The highest BCUT2D eigenvalue weighted by atomic mass is 16.4. The normalized spacial score (nSPS) is 12.4. The third-order valence-corrected chi connectivity index (χ3v) is 6.50. The summed E-state index contributed by atoms with van der Waals surface area (Å²) in [4.78, 5) is 11.2. The molecule has 0 saturated carbocycles. The molecule has 0 amide bonds. The zero-order valence-electron chi connectivity index (χ0n) is 24.2. The lowest BCUT2D eigenvalue weighted by molar-refractivity contribution is -0.132. The summed E-state index contributed by atoms with van der Waals surface area (Å²) in [5, 5.41) is 18.2. The molecule has 0 aromatic heterocycles. The number of carboxylic acids is 1. The van der Waals surface area contributed by atoms with Gasteiger partial charge in [-0.15, -0.1) is 0 Å². The molecule has 0 saturated heterocycles. The maximum absolute atomic E-state index is 11.2. The highest BCUT2D eigenvalue weighted by molar-refractivity contribution is 5.92. The molecule has 3 rings (SSSR count). The first-order valence-electron chi connectivity index (χ1n) is 13.4. The van der Waals surface area contributed by atoms with Crippen molar-refractivity contribution in [2.75, 3.05) is 0 Å². The van der Waals surface area contributed by atoms with Gasteiger partial charge in [-0.3, -0.25) is 0 Å². The quantitative estimate of drug-likeness (QED) is 0.0991. The van der Waals surface area contributed by atoms with Crippen molar-refractivity contribution in [1.82, 2.24) is 0 Å². The van der Waals surface area contributed by atoms with E-state index < -0.39 is 5.97 Å². The van der Waals surface area contributed by atoms with E-state index in [1.54, 1.807) is 13.0 Å². The molecule has 0 spiro atoms. The molecule has 3 heteroatoms. The number of aryl methyl sites for hydroxylation is 4. The van der Waals surface area contributed by atoms with Gasteiger partial charge in [0.1, 0.15) is 11.6 Å². The summed E-state index contributed by atoms with van der Waals surface area (Å²) >= 11 is 0. The van der Waals surface area contributed by atoms with E-state index >= 15 is 0 Å². The average Bonchev–Trinajstić information content (AvgIpc) is 2.89. The monoisotopic (exact) mass is 527 g/mol. The zero-order valence-corrected chi connectivity index (χ0v) is 24.2. The Hall–Kier alpha value is -4.68. The third kappa shape index (κ3) is 8.41. The molecule has 40 heavy (non-hydrogen) atoms. The average molecular weight is 528 g/mol. The van der Waals surface area contributed by atoms with Crippen LogP contribution < -0.4 is 0 Å². The first kappa shape index (κ1) is 29.9. The molecule has 0 radical (unpaired) electrons. The summed E-state index contributed by atoms with van der Waals surface area (Å²) in [6.07, 6.45) is 12.3. The van der Waals surface area contributed by atoms with E-state index in [9.17, 15) is 4.79 Å². The summed E-state index contributed by atoms with van der Waals surface area (Å²) in [6.45, 7) is 12.3. The number of carbonyl (C=O) groups is 1. The summed E-state index contributed by atoms with van der Waals surface area (Å²) in [5.41, 5.74) is 12.3. The number of rotatable bonds is 9. The Kier molecular flexibility index (Phi) is 10.4. The number of carboxylic acid groups (broad SMARTS) is 1. The predicted octanol–water partition coefficient (Wildman–Crippen LogP) is 9.34. The van der Waals surface area contributed by atoms with E-state index in [4.69, 9.17) is 10.4 Å². The Morgan fingerprint density at radius 1 is 0.825 bits per heavy atom. The van der Waals surface area contributed by atoms with E-state index in [1.165, 1.54) is 45.0 Å². The van der Waals surface area contributed by atoms with Crippen molar-refractivity contribution in [1.29, 1.82) is 5.26 Å². The van der Waals surface area contributed by atoms with Crippen LogP contribution in [0.5, 0.6) is 0 Å². The lowest BCUT2D eigenvalue weighted by Gasteiger charge is -2.13. The van der Waals surface area contributed by atoms with Gasteiger partial charge in [0.25, 0.3) is 0 Å². The van der Waals surface area contributed by atoms with Crippen molar-refractivity contribution in [3.8, 4) is 6.07 Å². The van der Waals surface area contributed by atoms with E-state index in [-0.39, 0.29) is 5.57 Å². The van der Waals surface area contributed by atoms with Crippen molar-refractivity contribution in [3.63, 3.8) is 0 Å². The van der Waals surface area contributed by atoms with Crippen LogP contribution >= 0.6 is 0 Å². The van der Waals surface area contributed by atoms with Crippen molar-refractivity contribution >= 4 is 23.2 Å². The van der Waals surface area contributed by atoms with Crippen LogP contribution in [-0.2, 0) is 4.79 Å². The van der Waals surface area contributed by atoms with Crippen LogP contribution in [0.4, 0.5) is 0 Å². The predicted molar refractivity (Wildman–Crippen MR) is 168 cm³/mol. The molecule has 202 valence electrons. The zero-order chi connectivity index (χ0) is 29.2. The molecular formula is C37H37NO2. The van der Waals surface area contributed by atoms with E-state index in [0.717, 1.165) is 23.1 Å². The van der Waals surface area contributed by atoms with Crippen molar-refractivity contribution < 1.29 is 9.90 Å². The highest BCUT2D eigenvalue weighted by Crippen LogP contribution is 2.30. The molecule has 1 N–H and O–H groups in total. The summed E-state index contributed by atoms with van der Waals surface area (Å²) in [5.74, 6) is -1.22. The van der Waals surface area contributed by atoms with Crippen molar-refractivity contribution in [2.45, 2.75) is 48.0 Å². The Balaban J connectivity index is 2.06. The molecule has 3 nitrogen and oxygen atoms in total. The smallest absolute Gasteiger partial charge is 0.346 e. The largest absolute Gasteiger partial charge is 0.477 e. The van der Waals surface area contributed by atoms with Gasteiger partial charge in [0.05, 0.1) is 0 Å². The van der Waals surface area contributed by atoms with Gasteiger partial charge < -0.3 is 5.11 Å². The Morgan fingerprint density at radius 2 is 1.35 bits per heavy atom. The van der Waals surface area contributed by atoms with Gasteiger partial charge >= 0.3 is 5.97 Å². The fourth-order valence-electron chi connectivity index (χ4n) is 4.73. The Bertz CT molecular complexity index is 1490. The molecule has 0 unspecified atom stereocenters. The number of benzene rings is 3. The van der Waals surface area contributed by atoms with E-state index in [2.05, 4.69) is 101 Å². The van der Waals surface area contributed by atoms with Gasteiger partial charge in [-0.25, -0.2) is 4.79 Å². The number of aliphatic carboxylic acids is 1. The second kappa shape index (κ2) is 13.9. The standard InChI is InChI=1S/C37H37NO2/c1-7-8-9-31(13-10-25(2)18-35(24-38)37(39)40)32-14-11-30(12-15-32)23-36(33-19-26(3)16-27(4)20-33)34-21-28(5)17-29(6)22-34/h7-8,10-23H,9H2,1-6H3,(H,39,40)/b8-7+,25-10+,31-13+,35-18-. The highest BCUT2D eigenvalue weighted by Gasteiger charge is 2.10. The second-order valence-corrected chi connectivity index (χ2v) is 10.3. The van der Waals surface area contributed by atoms with Gasteiger partial charge in [0.15, 0.2) is 0 Å². The lowest BCUT2D eigenvalue weighted by Crippen LogP contribution is -1.97. The fourth-order valence-corrected chi connectivity index (χ4v) is 4.73. The second-order valence-electron chi connectivity index (χ2n) is 10.3. The fraction of sp³-hybridized carbons (Fsp3) is 0.189. The van der Waals surface area contributed by atoms with Crippen molar-refractivity contribution in [2.24, 2.45) is 0 Å². The maximum Gasteiger partial charge on any atom is 0.346 e. The number of hydrogen-bond acceptors (Lipinski definition) is 2. The van der Waals surface area contributed by atoms with Gasteiger partial charge in [0.2, 0.25) is 0 Å². The minimum absolute atomic E-state index is 0.281. The van der Waals surface area contributed by atoms with Gasteiger partial charge in [-0.05, 0) is 99.1 Å². The molecule has 0 heterocycles. The topological polar surface area (TPSA) is 61.1 Å². The molecule has 0 fully saturated rings. The van der Waals surface area contributed by atoms with Crippen molar-refractivity contribution in [3.05, 3.63) is 147 Å². The Labute approximate surface area is 238 Å². The van der Waals surface area contributed by atoms with Crippen LogP contribution in [0.2, 0.25) is 0 Å². The van der Waals surface area contributed by atoms with Gasteiger partial charge in [-0.1, -0.05) is 107 Å². The summed E-state index contributed by atoms with van der Waals surface area (Å²) in [7, 11) is 0. The van der Waals surface area contributed by atoms with Crippen LogP contribution in [0, 0.1) is 39.0 Å². The van der Waals surface area contributed by atoms with Gasteiger partial charge in [0, 0.05) is 0 Å². The van der Waals surface area contributed by atoms with Gasteiger partial charge in [-0.2, -0.15) is 5.26 Å². The van der Waals surface area contributed by atoms with Crippen LogP contribution in [0.15, 0.2) is 102 Å². The number of hydrogen-bond donors (Lipinski definition) is 1. The van der Waals surface area contributed by atoms with E-state index in [0.29, 0.717) is 5.57 Å². The maximum atomic E-state index is 11.2. The molecule has 0 atom stereocenters. The molecule has 3 aromatic rings. The lowest BCUT2D eigenvalue weighted by atomic mass is 9.91. The van der Waals surface area contributed by atoms with Crippen LogP contribution in [0.3, 0.4) is 0 Å². The minimum atomic E-state index is -1.22. The molecule has 3 aromatic carbocycles. The first-order chi connectivity index (χ1) is 19.1. The molecule has 0 aliphatic heterocycles. The molecule has 0 aliphatic carbocycles. The summed E-state index contributed by atoms with van der Waals surface area (Å²) in [6, 6.07) is 23.6. The molecule has 0 aliphatic rings. The third-order valence-electron chi connectivity index (χ3n) is 6.50. The van der Waals surface area contributed by atoms with Crippen LogP contribution in [-0.4, -0.2) is 11.1 Å². The number of nitriles is 1. The Morgan fingerprint density at radius 3 is 1.80 bits per heavy atom. The number of allylic oxidation sites excluding steroid dienone is 7. The first-order valence-corrected chi connectivity index (χ1v) is 13.4. The SMILES string of the molecule is C/C=C/C\C(=C/C=C(C)/C=C(/C#N)C(=O)O)c1ccc(C=C(c2cc(C)cc(C)c2)c2cc(C)cc(C)c2)cc1. The minimum Gasteiger partial charge on any atom is -0.477 e. The van der Waals surface area contributed by atoms with Crippen LogP contribution in [0.1, 0.15) is 64.8 Å².